The molecule has 6 heteroatoms. The molecule has 0 aliphatic heterocycles. The van der Waals surface area contributed by atoms with E-state index < -0.39 is 0 Å². The lowest BCUT2D eigenvalue weighted by atomic mass is 10.1. The minimum absolute atomic E-state index is 0.624. The maximum atomic E-state index is 5.60. The van der Waals surface area contributed by atoms with E-state index in [1.807, 2.05) is 48.7 Å². The molecular weight excluding hydrogens is 352 g/mol. The van der Waals surface area contributed by atoms with Gasteiger partial charge in [0.15, 0.2) is 5.82 Å². The molecule has 28 heavy (non-hydrogen) atoms. The van der Waals surface area contributed by atoms with Gasteiger partial charge in [-0.25, -0.2) is 9.67 Å². The van der Waals surface area contributed by atoms with Gasteiger partial charge in [-0.2, -0.15) is 5.10 Å². The number of hydrogen-bond donors (Lipinski definition) is 0. The van der Waals surface area contributed by atoms with E-state index in [1.165, 1.54) is 0 Å². The van der Waals surface area contributed by atoms with E-state index in [0.717, 1.165) is 39.8 Å². The molecule has 0 atom stereocenters. The monoisotopic (exact) mass is 374 g/mol. The summed E-state index contributed by atoms with van der Waals surface area (Å²) in [7, 11) is 3.35. The van der Waals surface area contributed by atoms with Crippen LogP contribution in [0.15, 0.2) is 67.1 Å². The topological polar surface area (TPSA) is 54.1 Å². The Morgan fingerprint density at radius 1 is 0.964 bits per heavy atom. The average molecular weight is 374 g/mol. The second-order valence-electron chi connectivity index (χ2n) is 6.51. The van der Waals surface area contributed by atoms with E-state index in [-0.39, 0.29) is 0 Å². The van der Waals surface area contributed by atoms with Gasteiger partial charge in [-0.15, -0.1) is 0 Å². The molecule has 1 aromatic carbocycles. The Balaban J connectivity index is 1.76. The van der Waals surface area contributed by atoms with Gasteiger partial charge >= 0.3 is 0 Å². The molecule has 4 aromatic rings. The van der Waals surface area contributed by atoms with Crippen LogP contribution in [0.1, 0.15) is 11.3 Å². The number of aryl methyl sites for hydroxylation is 1. The summed E-state index contributed by atoms with van der Waals surface area (Å²) in [6.45, 7) is 2.70. The fourth-order valence-corrected chi connectivity index (χ4v) is 3.36. The lowest BCUT2D eigenvalue weighted by molar-refractivity contribution is 0.396. The molecule has 3 aromatic heterocycles. The minimum Gasteiger partial charge on any atom is -0.496 e. The highest BCUT2D eigenvalue weighted by molar-refractivity contribution is 5.75. The van der Waals surface area contributed by atoms with Crippen LogP contribution in [0.5, 0.6) is 11.5 Å². The van der Waals surface area contributed by atoms with Crippen molar-refractivity contribution in [1.82, 2.24) is 19.3 Å². The Hall–Kier alpha value is -3.54. The SMILES string of the molecule is COc1cccc(OC)c1-c1cc(C)cn1Cc1cccc(-n2cccn2)n1. The molecule has 0 aliphatic rings. The molecule has 0 saturated heterocycles. The fourth-order valence-electron chi connectivity index (χ4n) is 3.36. The Morgan fingerprint density at radius 3 is 2.39 bits per heavy atom. The van der Waals surface area contributed by atoms with Gasteiger partial charge in [0.1, 0.15) is 11.5 Å². The summed E-state index contributed by atoms with van der Waals surface area (Å²) in [5.41, 5.74) is 4.06. The number of rotatable bonds is 6. The summed E-state index contributed by atoms with van der Waals surface area (Å²) in [6.07, 6.45) is 5.75. The standard InChI is InChI=1S/C22H22N4O2/c1-16-13-18(22-19(27-2)8-5-9-20(22)28-3)25(14-16)15-17-7-4-10-21(24-17)26-12-6-11-23-26/h4-14H,15H2,1-3H3. The first-order chi connectivity index (χ1) is 13.7. The highest BCUT2D eigenvalue weighted by Crippen LogP contribution is 2.39. The molecular formula is C22H22N4O2. The van der Waals surface area contributed by atoms with E-state index in [4.69, 9.17) is 14.5 Å². The van der Waals surface area contributed by atoms with E-state index in [2.05, 4.69) is 28.9 Å². The normalized spacial score (nSPS) is 10.8. The summed E-state index contributed by atoms with van der Waals surface area (Å²) in [4.78, 5) is 4.76. The third kappa shape index (κ3) is 3.36. The summed E-state index contributed by atoms with van der Waals surface area (Å²) < 4.78 is 15.1. The molecule has 6 nitrogen and oxygen atoms in total. The van der Waals surface area contributed by atoms with Gasteiger partial charge in [0.2, 0.25) is 0 Å². The van der Waals surface area contributed by atoms with Crippen molar-refractivity contribution >= 4 is 0 Å². The number of benzene rings is 1. The van der Waals surface area contributed by atoms with Crippen LogP contribution in [0.3, 0.4) is 0 Å². The van der Waals surface area contributed by atoms with Crippen LogP contribution in [-0.4, -0.2) is 33.6 Å². The summed E-state index contributed by atoms with van der Waals surface area (Å²) >= 11 is 0. The number of pyridine rings is 1. The fraction of sp³-hybridized carbons (Fsp3) is 0.182. The number of aromatic nitrogens is 4. The number of methoxy groups -OCH3 is 2. The van der Waals surface area contributed by atoms with Crippen LogP contribution < -0.4 is 9.47 Å². The van der Waals surface area contributed by atoms with Crippen LogP contribution in [0, 0.1) is 6.92 Å². The third-order valence-electron chi connectivity index (χ3n) is 4.58. The van der Waals surface area contributed by atoms with Crippen molar-refractivity contribution < 1.29 is 9.47 Å². The zero-order valence-corrected chi connectivity index (χ0v) is 16.2. The highest BCUT2D eigenvalue weighted by Gasteiger charge is 2.17. The molecule has 0 amide bonds. The molecule has 0 fully saturated rings. The minimum atomic E-state index is 0.624. The maximum Gasteiger partial charge on any atom is 0.153 e. The lowest BCUT2D eigenvalue weighted by Crippen LogP contribution is -2.06. The van der Waals surface area contributed by atoms with Gasteiger partial charge in [-0.05, 0) is 48.9 Å². The Morgan fingerprint density at radius 2 is 1.71 bits per heavy atom. The number of ether oxygens (including phenoxy) is 2. The van der Waals surface area contributed by atoms with Crippen molar-refractivity contribution in [1.29, 1.82) is 0 Å². The number of hydrogen-bond acceptors (Lipinski definition) is 4. The lowest BCUT2D eigenvalue weighted by Gasteiger charge is -2.15. The Labute approximate surface area is 164 Å². The van der Waals surface area contributed by atoms with E-state index >= 15 is 0 Å². The smallest absolute Gasteiger partial charge is 0.153 e. The van der Waals surface area contributed by atoms with Gasteiger partial charge in [0.05, 0.1) is 37.7 Å². The molecule has 142 valence electrons. The molecule has 0 N–H and O–H groups in total. The predicted octanol–water partition coefficient (Wildman–Crippen LogP) is 4.11. The van der Waals surface area contributed by atoms with Gasteiger partial charge in [0.25, 0.3) is 0 Å². The van der Waals surface area contributed by atoms with E-state index in [9.17, 15) is 0 Å². The molecule has 3 heterocycles. The molecule has 0 spiro atoms. The van der Waals surface area contributed by atoms with Crippen molar-refractivity contribution in [2.24, 2.45) is 0 Å². The van der Waals surface area contributed by atoms with Crippen LogP contribution in [0.2, 0.25) is 0 Å². The highest BCUT2D eigenvalue weighted by atomic mass is 16.5. The Kier molecular flexibility index (Phi) is 4.85. The summed E-state index contributed by atoms with van der Waals surface area (Å²) in [5.74, 6) is 2.34. The maximum absolute atomic E-state index is 5.60. The molecule has 0 radical (unpaired) electrons. The predicted molar refractivity (Wildman–Crippen MR) is 108 cm³/mol. The molecule has 0 unspecified atom stereocenters. The van der Waals surface area contributed by atoms with Crippen molar-refractivity contribution in [3.05, 3.63) is 78.4 Å². The van der Waals surface area contributed by atoms with Crippen LogP contribution in [0.4, 0.5) is 0 Å². The van der Waals surface area contributed by atoms with E-state index in [1.54, 1.807) is 25.1 Å². The summed E-state index contributed by atoms with van der Waals surface area (Å²) in [6, 6.07) is 15.8. The first-order valence-corrected chi connectivity index (χ1v) is 9.03. The molecule has 0 bridgehead atoms. The van der Waals surface area contributed by atoms with Gasteiger partial charge in [-0.3, -0.25) is 0 Å². The third-order valence-corrected chi connectivity index (χ3v) is 4.58. The quantitative estimate of drug-likeness (QED) is 0.510. The average Bonchev–Trinajstić information content (AvgIpc) is 3.37. The zero-order chi connectivity index (χ0) is 19.5. The van der Waals surface area contributed by atoms with Crippen LogP contribution in [-0.2, 0) is 6.54 Å². The Bertz CT molecular complexity index is 1060. The van der Waals surface area contributed by atoms with Crippen molar-refractivity contribution in [2.45, 2.75) is 13.5 Å². The number of nitrogens with zero attached hydrogens (tertiary/aromatic N) is 4. The van der Waals surface area contributed by atoms with E-state index in [0.29, 0.717) is 6.54 Å². The molecule has 0 saturated carbocycles. The van der Waals surface area contributed by atoms with Gasteiger partial charge in [-0.1, -0.05) is 12.1 Å². The van der Waals surface area contributed by atoms with Gasteiger partial charge < -0.3 is 14.0 Å². The molecule has 0 aliphatic carbocycles. The van der Waals surface area contributed by atoms with Crippen molar-refractivity contribution in [3.63, 3.8) is 0 Å². The second kappa shape index (κ2) is 7.60. The van der Waals surface area contributed by atoms with Gasteiger partial charge in [0, 0.05) is 18.6 Å². The van der Waals surface area contributed by atoms with Crippen molar-refractivity contribution in [3.8, 4) is 28.6 Å². The van der Waals surface area contributed by atoms with Crippen LogP contribution >= 0.6 is 0 Å². The molecule has 4 rings (SSSR count). The van der Waals surface area contributed by atoms with Crippen molar-refractivity contribution in [2.75, 3.05) is 14.2 Å². The first kappa shape index (κ1) is 17.9. The zero-order valence-electron chi connectivity index (χ0n) is 16.2. The second-order valence-corrected chi connectivity index (χ2v) is 6.51. The van der Waals surface area contributed by atoms with Crippen LogP contribution in [0.25, 0.3) is 17.1 Å². The first-order valence-electron chi connectivity index (χ1n) is 9.03. The largest absolute Gasteiger partial charge is 0.496 e. The summed E-state index contributed by atoms with van der Waals surface area (Å²) in [5, 5.41) is 4.26.